The van der Waals surface area contributed by atoms with Gasteiger partial charge >= 0.3 is 0 Å². The molecule has 20 heavy (non-hydrogen) atoms. The number of hydrogen-bond donors (Lipinski definition) is 2. The Balaban J connectivity index is 2.18. The molecule has 0 amide bonds. The van der Waals surface area contributed by atoms with Gasteiger partial charge in [-0.05, 0) is 47.0 Å². The third-order valence-corrected chi connectivity index (χ3v) is 7.44. The van der Waals surface area contributed by atoms with Crippen LogP contribution in [0.3, 0.4) is 0 Å². The minimum Gasteiger partial charge on any atom is -0.399 e. The predicted molar refractivity (Wildman–Crippen MR) is 82.8 cm³/mol. The van der Waals surface area contributed by atoms with Crippen molar-refractivity contribution in [2.24, 2.45) is 0 Å². The van der Waals surface area contributed by atoms with Crippen molar-refractivity contribution in [3.05, 3.63) is 22.7 Å². The van der Waals surface area contributed by atoms with Crippen LogP contribution >= 0.6 is 15.9 Å². The minimum atomic E-state index is -3.63. The zero-order chi connectivity index (χ0) is 15.0. The molecule has 1 heterocycles. The van der Waals surface area contributed by atoms with Crippen molar-refractivity contribution in [1.29, 1.82) is 0 Å². The molecule has 6 nitrogen and oxygen atoms in total. The Bertz CT molecular complexity index is 702. The van der Waals surface area contributed by atoms with Crippen LogP contribution in [0.5, 0.6) is 0 Å². The average Bonchev–Trinajstić information content (AvgIpc) is 2.33. The van der Waals surface area contributed by atoms with Crippen LogP contribution in [0.2, 0.25) is 0 Å². The largest absolute Gasteiger partial charge is 0.399 e. The molecule has 0 bridgehead atoms. The summed E-state index contributed by atoms with van der Waals surface area (Å²) in [7, 11) is -6.71. The highest BCUT2D eigenvalue weighted by atomic mass is 79.9. The number of anilines is 2. The fourth-order valence-electron chi connectivity index (χ4n) is 2.04. The van der Waals surface area contributed by atoms with E-state index >= 15 is 0 Å². The van der Waals surface area contributed by atoms with Crippen LogP contribution in [-0.4, -0.2) is 33.6 Å². The monoisotopic (exact) mass is 382 g/mol. The van der Waals surface area contributed by atoms with E-state index in [1.54, 1.807) is 12.1 Å². The number of nitrogens with two attached hydrogens (primary N) is 1. The Morgan fingerprint density at radius 2 is 1.85 bits per heavy atom. The molecule has 1 aliphatic heterocycles. The third-order valence-electron chi connectivity index (χ3n) is 3.18. The highest BCUT2D eigenvalue weighted by Gasteiger charge is 2.33. The maximum Gasteiger partial charge on any atom is 0.235 e. The molecule has 1 aromatic carbocycles. The predicted octanol–water partition coefficient (Wildman–Crippen LogP) is 1.35. The quantitative estimate of drug-likeness (QED) is 0.767. The van der Waals surface area contributed by atoms with Crippen molar-refractivity contribution in [1.82, 2.24) is 0 Å². The van der Waals surface area contributed by atoms with Gasteiger partial charge in [-0.1, -0.05) is 0 Å². The Labute approximate surface area is 126 Å². The highest BCUT2D eigenvalue weighted by molar-refractivity contribution is 9.10. The van der Waals surface area contributed by atoms with Gasteiger partial charge in [0.15, 0.2) is 0 Å². The van der Waals surface area contributed by atoms with E-state index in [0.717, 1.165) is 0 Å². The smallest absolute Gasteiger partial charge is 0.235 e. The maximum atomic E-state index is 12.3. The Morgan fingerprint density at radius 1 is 1.25 bits per heavy atom. The molecule has 0 unspecified atom stereocenters. The molecule has 9 heteroatoms. The Hall–Kier alpha value is -0.800. The zero-order valence-electron chi connectivity index (χ0n) is 10.5. The van der Waals surface area contributed by atoms with E-state index in [2.05, 4.69) is 20.7 Å². The van der Waals surface area contributed by atoms with E-state index in [-0.39, 0.29) is 24.3 Å². The van der Waals surface area contributed by atoms with Crippen LogP contribution in [0.15, 0.2) is 22.7 Å². The highest BCUT2D eigenvalue weighted by Crippen LogP contribution is 2.28. The second-order valence-corrected chi connectivity index (χ2v) is 9.86. The third kappa shape index (κ3) is 3.64. The standard InChI is InChI=1S/C11H15BrN2O4S2/c12-10-2-1-8(13)7-11(10)14-20(17,18)9-3-5-19(15,16)6-4-9/h1-2,7,9,14H,3-6,13H2. The van der Waals surface area contributed by atoms with Crippen LogP contribution in [0, 0.1) is 0 Å². The molecule has 3 N–H and O–H groups in total. The fraction of sp³-hybridized carbons (Fsp3) is 0.455. The number of halogens is 1. The van der Waals surface area contributed by atoms with Gasteiger partial charge in [-0.15, -0.1) is 0 Å². The molecule has 0 atom stereocenters. The van der Waals surface area contributed by atoms with E-state index < -0.39 is 25.1 Å². The molecule has 0 aliphatic carbocycles. The van der Waals surface area contributed by atoms with Crippen molar-refractivity contribution in [3.8, 4) is 0 Å². The van der Waals surface area contributed by atoms with Gasteiger partial charge in [0, 0.05) is 10.2 Å². The number of rotatable bonds is 3. The number of sulfonamides is 1. The molecule has 0 radical (unpaired) electrons. The number of hydrogen-bond acceptors (Lipinski definition) is 5. The Kier molecular flexibility index (Phi) is 4.31. The van der Waals surface area contributed by atoms with Crippen molar-refractivity contribution < 1.29 is 16.8 Å². The molecule has 112 valence electrons. The maximum absolute atomic E-state index is 12.3. The van der Waals surface area contributed by atoms with Gasteiger partial charge in [0.2, 0.25) is 10.0 Å². The van der Waals surface area contributed by atoms with Crippen molar-refractivity contribution in [2.45, 2.75) is 18.1 Å². The first-order chi connectivity index (χ1) is 9.20. The molecule has 0 saturated carbocycles. The van der Waals surface area contributed by atoms with E-state index in [9.17, 15) is 16.8 Å². The molecule has 1 fully saturated rings. The molecule has 1 aromatic rings. The van der Waals surface area contributed by atoms with Gasteiger partial charge in [-0.3, -0.25) is 4.72 Å². The van der Waals surface area contributed by atoms with E-state index in [1.807, 2.05) is 0 Å². The second-order valence-electron chi connectivity index (χ2n) is 4.74. The zero-order valence-corrected chi connectivity index (χ0v) is 13.8. The molecule has 0 aromatic heterocycles. The van der Waals surface area contributed by atoms with Crippen molar-refractivity contribution in [3.63, 3.8) is 0 Å². The van der Waals surface area contributed by atoms with E-state index in [4.69, 9.17) is 5.73 Å². The van der Waals surface area contributed by atoms with Crippen LogP contribution in [0.4, 0.5) is 11.4 Å². The summed E-state index contributed by atoms with van der Waals surface area (Å²) >= 11 is 3.25. The van der Waals surface area contributed by atoms with Crippen LogP contribution in [-0.2, 0) is 19.9 Å². The van der Waals surface area contributed by atoms with Gasteiger partial charge in [0.25, 0.3) is 0 Å². The van der Waals surface area contributed by atoms with E-state index in [1.165, 1.54) is 6.07 Å². The molecular weight excluding hydrogens is 368 g/mol. The lowest BCUT2D eigenvalue weighted by atomic mass is 10.2. The lowest BCUT2D eigenvalue weighted by Gasteiger charge is -2.23. The molecule has 1 saturated heterocycles. The molecule has 2 rings (SSSR count). The van der Waals surface area contributed by atoms with Crippen LogP contribution in [0.1, 0.15) is 12.8 Å². The summed E-state index contributed by atoms with van der Waals surface area (Å²) in [6.07, 6.45) is 0.245. The molecule has 1 aliphatic rings. The molecule has 0 spiro atoms. The summed E-state index contributed by atoms with van der Waals surface area (Å²) in [5, 5.41) is -0.695. The lowest BCUT2D eigenvalue weighted by Crippen LogP contribution is -2.36. The summed E-state index contributed by atoms with van der Waals surface area (Å²) in [4.78, 5) is 0. The first-order valence-electron chi connectivity index (χ1n) is 5.97. The molecular formula is C11H15BrN2O4S2. The topological polar surface area (TPSA) is 106 Å². The summed E-state index contributed by atoms with van der Waals surface area (Å²) in [6.45, 7) is 0. The Morgan fingerprint density at radius 3 is 2.45 bits per heavy atom. The minimum absolute atomic E-state index is 0.0866. The summed E-state index contributed by atoms with van der Waals surface area (Å²) in [5.74, 6) is -0.173. The first kappa shape index (κ1) is 15.6. The number of nitrogen functional groups attached to an aromatic ring is 1. The van der Waals surface area contributed by atoms with Gasteiger partial charge in [-0.2, -0.15) is 0 Å². The summed E-state index contributed by atoms with van der Waals surface area (Å²) in [5.41, 5.74) is 6.43. The second kappa shape index (κ2) is 5.53. The fourth-order valence-corrected chi connectivity index (χ4v) is 5.80. The number of benzene rings is 1. The van der Waals surface area contributed by atoms with Crippen molar-refractivity contribution >= 4 is 47.2 Å². The van der Waals surface area contributed by atoms with Gasteiger partial charge in [0.05, 0.1) is 22.4 Å². The lowest BCUT2D eigenvalue weighted by molar-refractivity contribution is 0.555. The number of nitrogens with one attached hydrogen (secondary N) is 1. The van der Waals surface area contributed by atoms with Gasteiger partial charge in [0.1, 0.15) is 9.84 Å². The SMILES string of the molecule is Nc1ccc(Br)c(NS(=O)(=O)C2CCS(=O)(=O)CC2)c1. The van der Waals surface area contributed by atoms with E-state index in [0.29, 0.717) is 15.8 Å². The van der Waals surface area contributed by atoms with Crippen LogP contribution < -0.4 is 10.5 Å². The van der Waals surface area contributed by atoms with Gasteiger partial charge < -0.3 is 5.73 Å². The number of sulfone groups is 1. The summed E-state index contributed by atoms with van der Waals surface area (Å²) in [6, 6.07) is 4.81. The normalized spacial score (nSPS) is 19.6. The van der Waals surface area contributed by atoms with Crippen LogP contribution in [0.25, 0.3) is 0 Å². The first-order valence-corrected chi connectivity index (χ1v) is 10.1. The van der Waals surface area contributed by atoms with Crippen molar-refractivity contribution in [2.75, 3.05) is 22.0 Å². The summed E-state index contributed by atoms with van der Waals surface area (Å²) < 4.78 is 50.3. The average molecular weight is 383 g/mol. The van der Waals surface area contributed by atoms with Gasteiger partial charge in [-0.25, -0.2) is 16.8 Å².